The van der Waals surface area contributed by atoms with E-state index in [9.17, 15) is 4.39 Å². The fourth-order valence-corrected chi connectivity index (χ4v) is 1.94. The lowest BCUT2D eigenvalue weighted by atomic mass is 10.2. The molecular weight excluding hydrogens is 272 g/mol. The first-order valence-electron chi connectivity index (χ1n) is 5.50. The Morgan fingerprint density at radius 1 is 1.06 bits per heavy atom. The molecular formula is C14H12Cl2FN. The first kappa shape index (κ1) is 13.2. The van der Waals surface area contributed by atoms with Crippen LogP contribution in [0.1, 0.15) is 11.1 Å². The molecule has 0 radical (unpaired) electrons. The third kappa shape index (κ3) is 3.15. The first-order valence-corrected chi connectivity index (χ1v) is 6.26. The summed E-state index contributed by atoms with van der Waals surface area (Å²) in [4.78, 5) is 0. The number of rotatable bonds is 3. The van der Waals surface area contributed by atoms with Gasteiger partial charge in [0.15, 0.2) is 0 Å². The molecule has 0 aromatic heterocycles. The van der Waals surface area contributed by atoms with Gasteiger partial charge in [0.05, 0.1) is 5.02 Å². The molecule has 94 valence electrons. The van der Waals surface area contributed by atoms with Gasteiger partial charge in [0.25, 0.3) is 0 Å². The van der Waals surface area contributed by atoms with Gasteiger partial charge in [-0.25, -0.2) is 4.39 Å². The molecule has 1 nitrogen and oxygen atoms in total. The van der Waals surface area contributed by atoms with Crippen molar-refractivity contribution in [2.75, 3.05) is 5.32 Å². The molecule has 2 aromatic carbocycles. The Labute approximate surface area is 116 Å². The summed E-state index contributed by atoms with van der Waals surface area (Å²) in [5.41, 5.74) is 2.87. The number of aryl methyl sites for hydroxylation is 1. The molecule has 0 aliphatic rings. The van der Waals surface area contributed by atoms with Crippen molar-refractivity contribution in [1.29, 1.82) is 0 Å². The molecule has 2 rings (SSSR count). The molecule has 0 amide bonds. The Hall–Kier alpha value is -1.25. The van der Waals surface area contributed by atoms with E-state index < -0.39 is 5.82 Å². The highest BCUT2D eigenvalue weighted by Gasteiger charge is 2.02. The van der Waals surface area contributed by atoms with E-state index in [0.29, 0.717) is 6.54 Å². The van der Waals surface area contributed by atoms with Gasteiger partial charge in [-0.2, -0.15) is 0 Å². The van der Waals surface area contributed by atoms with Crippen LogP contribution in [0.15, 0.2) is 36.4 Å². The van der Waals surface area contributed by atoms with Crippen LogP contribution in [0.4, 0.5) is 10.1 Å². The summed E-state index contributed by atoms with van der Waals surface area (Å²) in [7, 11) is 0. The van der Waals surface area contributed by atoms with Gasteiger partial charge in [-0.05, 0) is 42.3 Å². The molecule has 0 atom stereocenters. The third-order valence-electron chi connectivity index (χ3n) is 2.65. The van der Waals surface area contributed by atoms with Crippen molar-refractivity contribution < 1.29 is 4.39 Å². The topological polar surface area (TPSA) is 12.0 Å². The first-order chi connectivity index (χ1) is 8.56. The van der Waals surface area contributed by atoms with Gasteiger partial charge in [-0.15, -0.1) is 0 Å². The lowest BCUT2D eigenvalue weighted by molar-refractivity contribution is 0.627. The highest BCUT2D eigenvalue weighted by atomic mass is 35.5. The predicted molar refractivity (Wildman–Crippen MR) is 74.9 cm³/mol. The molecule has 0 aliphatic carbocycles. The van der Waals surface area contributed by atoms with Crippen molar-refractivity contribution in [2.45, 2.75) is 13.5 Å². The van der Waals surface area contributed by atoms with Crippen molar-refractivity contribution in [1.82, 2.24) is 0 Å². The summed E-state index contributed by atoms with van der Waals surface area (Å²) in [5.74, 6) is -0.404. The second kappa shape index (κ2) is 5.59. The maximum absolute atomic E-state index is 13.0. The Balaban J connectivity index is 2.06. The molecule has 0 unspecified atom stereocenters. The lowest BCUT2D eigenvalue weighted by Gasteiger charge is -2.08. The van der Waals surface area contributed by atoms with E-state index in [0.717, 1.165) is 21.8 Å². The van der Waals surface area contributed by atoms with Crippen molar-refractivity contribution in [3.63, 3.8) is 0 Å². The minimum Gasteiger partial charge on any atom is -0.381 e. The van der Waals surface area contributed by atoms with Gasteiger partial charge in [0.2, 0.25) is 0 Å². The van der Waals surface area contributed by atoms with Crippen LogP contribution in [0, 0.1) is 12.7 Å². The minimum atomic E-state index is -0.404. The van der Waals surface area contributed by atoms with E-state index in [-0.39, 0.29) is 5.02 Å². The van der Waals surface area contributed by atoms with Crippen molar-refractivity contribution in [3.05, 3.63) is 63.4 Å². The Morgan fingerprint density at radius 2 is 1.83 bits per heavy atom. The number of anilines is 1. The molecule has 0 saturated carbocycles. The smallest absolute Gasteiger partial charge is 0.141 e. The van der Waals surface area contributed by atoms with E-state index in [1.807, 2.05) is 25.1 Å². The summed E-state index contributed by atoms with van der Waals surface area (Å²) in [6.45, 7) is 2.52. The largest absolute Gasteiger partial charge is 0.381 e. The van der Waals surface area contributed by atoms with Crippen molar-refractivity contribution >= 4 is 28.9 Å². The fourth-order valence-electron chi connectivity index (χ4n) is 1.56. The van der Waals surface area contributed by atoms with E-state index >= 15 is 0 Å². The number of halogens is 3. The van der Waals surface area contributed by atoms with E-state index in [1.165, 1.54) is 6.07 Å². The SMILES string of the molecule is Cc1ccc(NCc2ccc(F)c(Cl)c2)cc1Cl. The van der Waals surface area contributed by atoms with Crippen LogP contribution in [0.25, 0.3) is 0 Å². The van der Waals surface area contributed by atoms with E-state index in [2.05, 4.69) is 5.32 Å². The average Bonchev–Trinajstić information content (AvgIpc) is 2.35. The molecule has 18 heavy (non-hydrogen) atoms. The summed E-state index contributed by atoms with van der Waals surface area (Å²) in [5, 5.41) is 4.07. The molecule has 4 heteroatoms. The van der Waals surface area contributed by atoms with Crippen LogP contribution < -0.4 is 5.32 Å². The Morgan fingerprint density at radius 3 is 2.50 bits per heavy atom. The Kier molecular flexibility index (Phi) is 4.10. The zero-order chi connectivity index (χ0) is 13.1. The highest BCUT2D eigenvalue weighted by Crippen LogP contribution is 2.21. The van der Waals surface area contributed by atoms with Crippen LogP contribution in [0.2, 0.25) is 10.0 Å². The monoisotopic (exact) mass is 283 g/mol. The van der Waals surface area contributed by atoms with Crippen LogP contribution >= 0.6 is 23.2 Å². The normalized spacial score (nSPS) is 10.4. The standard InChI is InChI=1S/C14H12Cl2FN/c1-9-2-4-11(7-12(9)15)18-8-10-3-5-14(17)13(16)6-10/h2-7,18H,8H2,1H3. The summed E-state index contributed by atoms with van der Waals surface area (Å²) >= 11 is 11.7. The number of benzene rings is 2. The zero-order valence-corrected chi connectivity index (χ0v) is 11.3. The highest BCUT2D eigenvalue weighted by molar-refractivity contribution is 6.31. The molecule has 0 saturated heterocycles. The van der Waals surface area contributed by atoms with Gasteiger partial charge in [0.1, 0.15) is 5.82 Å². The summed E-state index contributed by atoms with van der Waals surface area (Å²) < 4.78 is 13.0. The third-order valence-corrected chi connectivity index (χ3v) is 3.35. The van der Waals surface area contributed by atoms with Crippen molar-refractivity contribution in [2.24, 2.45) is 0 Å². The van der Waals surface area contributed by atoms with Crippen LogP contribution in [-0.2, 0) is 6.54 Å². The second-order valence-electron chi connectivity index (χ2n) is 4.07. The number of nitrogens with one attached hydrogen (secondary N) is 1. The average molecular weight is 284 g/mol. The number of hydrogen-bond donors (Lipinski definition) is 1. The molecule has 2 aromatic rings. The minimum absolute atomic E-state index is 0.135. The van der Waals surface area contributed by atoms with E-state index in [4.69, 9.17) is 23.2 Å². The Bertz CT molecular complexity index is 518. The molecule has 0 heterocycles. The summed E-state index contributed by atoms with van der Waals surface area (Å²) in [6.07, 6.45) is 0. The van der Waals surface area contributed by atoms with Gasteiger partial charge in [0, 0.05) is 17.3 Å². The van der Waals surface area contributed by atoms with Crippen LogP contribution in [-0.4, -0.2) is 0 Å². The van der Waals surface area contributed by atoms with Crippen LogP contribution in [0.5, 0.6) is 0 Å². The predicted octanol–water partition coefficient (Wildman–Crippen LogP) is 5.05. The molecule has 1 N–H and O–H groups in total. The number of hydrogen-bond acceptors (Lipinski definition) is 1. The molecule has 0 spiro atoms. The fraction of sp³-hybridized carbons (Fsp3) is 0.143. The summed E-state index contributed by atoms with van der Waals surface area (Å²) in [6, 6.07) is 10.4. The van der Waals surface area contributed by atoms with Gasteiger partial charge < -0.3 is 5.32 Å². The van der Waals surface area contributed by atoms with Gasteiger partial charge in [-0.1, -0.05) is 35.3 Å². The van der Waals surface area contributed by atoms with Gasteiger partial charge >= 0.3 is 0 Å². The second-order valence-corrected chi connectivity index (χ2v) is 4.88. The molecule has 0 aliphatic heterocycles. The lowest BCUT2D eigenvalue weighted by Crippen LogP contribution is -1.99. The zero-order valence-electron chi connectivity index (χ0n) is 9.81. The van der Waals surface area contributed by atoms with E-state index in [1.54, 1.807) is 12.1 Å². The maximum atomic E-state index is 13.0. The van der Waals surface area contributed by atoms with Crippen LogP contribution in [0.3, 0.4) is 0 Å². The van der Waals surface area contributed by atoms with Crippen molar-refractivity contribution in [3.8, 4) is 0 Å². The van der Waals surface area contributed by atoms with Gasteiger partial charge in [-0.3, -0.25) is 0 Å². The maximum Gasteiger partial charge on any atom is 0.141 e. The quantitative estimate of drug-likeness (QED) is 0.831. The molecule has 0 fully saturated rings. The molecule has 0 bridgehead atoms.